The lowest BCUT2D eigenvalue weighted by atomic mass is 10.1. The van der Waals surface area contributed by atoms with E-state index in [1.807, 2.05) is 89.6 Å². The van der Waals surface area contributed by atoms with E-state index in [1.54, 1.807) is 17.2 Å². The van der Waals surface area contributed by atoms with Crippen molar-refractivity contribution in [2.45, 2.75) is 13.0 Å². The van der Waals surface area contributed by atoms with Crippen molar-refractivity contribution in [3.8, 4) is 17.5 Å². The lowest BCUT2D eigenvalue weighted by Crippen LogP contribution is -2.26. The largest absolute Gasteiger partial charge is 0.327 e. The average Bonchev–Trinajstić information content (AvgIpc) is 3.33. The predicted octanol–water partition coefficient (Wildman–Crippen LogP) is 5.63. The van der Waals surface area contributed by atoms with Gasteiger partial charge >= 0.3 is 0 Å². The van der Waals surface area contributed by atoms with E-state index in [0.29, 0.717) is 29.2 Å². The molecule has 0 fully saturated rings. The Morgan fingerprint density at radius 2 is 1.70 bits per heavy atom. The van der Waals surface area contributed by atoms with Crippen molar-refractivity contribution in [1.29, 1.82) is 5.26 Å². The lowest BCUT2D eigenvalue weighted by Gasteiger charge is -2.23. The average molecular weight is 484 g/mol. The molecule has 0 saturated heterocycles. The molecule has 1 aromatic heterocycles. The molecule has 2 amide bonds. The first-order valence-electron chi connectivity index (χ1n) is 11.9. The van der Waals surface area contributed by atoms with Gasteiger partial charge in [0.15, 0.2) is 0 Å². The summed E-state index contributed by atoms with van der Waals surface area (Å²) in [5.41, 5.74) is 4.35. The topological polar surface area (TPSA) is 91.0 Å². The molecule has 6 rings (SSSR count). The van der Waals surface area contributed by atoms with Crippen LogP contribution >= 0.6 is 0 Å². The maximum atomic E-state index is 13.2. The van der Waals surface area contributed by atoms with Crippen LogP contribution in [0.25, 0.3) is 22.2 Å². The number of carbonyl (C=O) groups excluding carboxylic acids is 2. The predicted molar refractivity (Wildman–Crippen MR) is 142 cm³/mol. The molecule has 178 valence electrons. The Balaban J connectivity index is 1.37. The third-order valence-corrected chi connectivity index (χ3v) is 6.55. The number of amides is 2. The Hall–Kier alpha value is -5.22. The van der Waals surface area contributed by atoms with Gasteiger partial charge in [-0.25, -0.2) is 4.98 Å². The van der Waals surface area contributed by atoms with Gasteiger partial charge in [-0.2, -0.15) is 5.26 Å². The summed E-state index contributed by atoms with van der Waals surface area (Å²) in [6.45, 7) is 0.514. The fourth-order valence-corrected chi connectivity index (χ4v) is 4.80. The second kappa shape index (κ2) is 9.10. The van der Waals surface area contributed by atoms with E-state index in [0.717, 1.165) is 27.7 Å². The molecule has 0 aliphatic carbocycles. The van der Waals surface area contributed by atoms with Crippen molar-refractivity contribution in [2.24, 2.45) is 0 Å². The first-order valence-corrected chi connectivity index (χ1v) is 11.9. The van der Waals surface area contributed by atoms with Gasteiger partial charge in [0, 0.05) is 29.0 Å². The van der Waals surface area contributed by atoms with Crippen LogP contribution in [0, 0.1) is 11.3 Å². The van der Waals surface area contributed by atoms with Gasteiger partial charge in [-0.3, -0.25) is 14.5 Å². The molecule has 1 aliphatic heterocycles. The monoisotopic (exact) mass is 483 g/mol. The minimum absolute atomic E-state index is 0.243. The number of hydrogen-bond donors (Lipinski definition) is 1. The van der Waals surface area contributed by atoms with Gasteiger partial charge in [0.1, 0.15) is 12.2 Å². The van der Waals surface area contributed by atoms with Crippen LogP contribution in [0.15, 0.2) is 97.3 Å². The number of fused-ring (bicyclic) bond motifs is 3. The molecule has 2 heterocycles. The highest BCUT2D eigenvalue weighted by atomic mass is 16.2. The molecular weight excluding hydrogens is 462 g/mol. The Morgan fingerprint density at radius 3 is 2.54 bits per heavy atom. The van der Waals surface area contributed by atoms with Crippen LogP contribution in [0.3, 0.4) is 0 Å². The van der Waals surface area contributed by atoms with Crippen LogP contribution < -0.4 is 10.2 Å². The third-order valence-electron chi connectivity index (χ3n) is 6.55. The number of nitriles is 1. The molecule has 0 unspecified atom stereocenters. The zero-order valence-corrected chi connectivity index (χ0v) is 19.8. The standard InChI is InChI=1S/C30H21N5O2/c31-18-22-6-1-2-7-23(22)19-34-16-15-32-30(34)21-9-12-24(13-10-21)35-26-14-11-20-5-3-4-8-25(20)29(26)33-27(36)17-28(35)37/h1-16H,17,19H2,(H,33,36). The smallest absolute Gasteiger partial charge is 0.241 e. The van der Waals surface area contributed by atoms with Crippen molar-refractivity contribution in [1.82, 2.24) is 9.55 Å². The summed E-state index contributed by atoms with van der Waals surface area (Å²) in [5.74, 6) is 0.125. The highest BCUT2D eigenvalue weighted by Gasteiger charge is 2.28. The van der Waals surface area contributed by atoms with Crippen LogP contribution in [0.5, 0.6) is 0 Å². The summed E-state index contributed by atoms with van der Waals surface area (Å²) in [7, 11) is 0. The summed E-state index contributed by atoms with van der Waals surface area (Å²) in [6, 6.07) is 28.9. The molecule has 0 spiro atoms. The van der Waals surface area contributed by atoms with Gasteiger partial charge in [-0.05, 0) is 47.3 Å². The van der Waals surface area contributed by atoms with Gasteiger partial charge in [-0.1, -0.05) is 48.5 Å². The van der Waals surface area contributed by atoms with E-state index in [4.69, 9.17) is 0 Å². The van der Waals surface area contributed by atoms with Crippen molar-refractivity contribution >= 4 is 39.6 Å². The van der Waals surface area contributed by atoms with Crippen molar-refractivity contribution in [2.75, 3.05) is 10.2 Å². The number of anilines is 3. The molecule has 1 N–H and O–H groups in total. The van der Waals surface area contributed by atoms with Crippen molar-refractivity contribution < 1.29 is 9.59 Å². The summed E-state index contributed by atoms with van der Waals surface area (Å²) < 4.78 is 1.99. The molecule has 7 nitrogen and oxygen atoms in total. The number of nitrogens with zero attached hydrogens (tertiary/aromatic N) is 4. The van der Waals surface area contributed by atoms with Gasteiger partial charge in [-0.15, -0.1) is 0 Å². The molecule has 4 aromatic carbocycles. The number of nitrogens with one attached hydrogen (secondary N) is 1. The quantitative estimate of drug-likeness (QED) is 0.336. The first-order chi connectivity index (χ1) is 18.1. The Morgan fingerprint density at radius 1 is 0.919 bits per heavy atom. The number of rotatable bonds is 4. The van der Waals surface area contributed by atoms with E-state index in [1.165, 1.54) is 0 Å². The minimum atomic E-state index is -0.332. The van der Waals surface area contributed by atoms with E-state index < -0.39 is 0 Å². The highest BCUT2D eigenvalue weighted by molar-refractivity contribution is 6.21. The maximum absolute atomic E-state index is 13.2. The molecule has 1 aliphatic rings. The van der Waals surface area contributed by atoms with Crippen LogP contribution in [-0.4, -0.2) is 21.4 Å². The van der Waals surface area contributed by atoms with Gasteiger partial charge in [0.2, 0.25) is 11.8 Å². The molecule has 37 heavy (non-hydrogen) atoms. The number of benzene rings is 4. The molecule has 0 saturated carbocycles. The van der Waals surface area contributed by atoms with E-state index in [-0.39, 0.29) is 18.2 Å². The number of hydrogen-bond acceptors (Lipinski definition) is 4. The second-order valence-electron chi connectivity index (χ2n) is 8.83. The van der Waals surface area contributed by atoms with Gasteiger partial charge < -0.3 is 9.88 Å². The summed E-state index contributed by atoms with van der Waals surface area (Å²) in [5, 5.41) is 14.2. The molecule has 5 aromatic rings. The lowest BCUT2D eigenvalue weighted by molar-refractivity contribution is -0.124. The highest BCUT2D eigenvalue weighted by Crippen LogP contribution is 2.40. The first kappa shape index (κ1) is 22.3. The molecule has 0 radical (unpaired) electrons. The van der Waals surface area contributed by atoms with E-state index in [2.05, 4.69) is 16.4 Å². The van der Waals surface area contributed by atoms with Crippen molar-refractivity contribution in [3.05, 3.63) is 108 Å². The fourth-order valence-electron chi connectivity index (χ4n) is 4.80. The zero-order valence-electron chi connectivity index (χ0n) is 19.8. The summed E-state index contributed by atoms with van der Waals surface area (Å²) >= 11 is 0. The van der Waals surface area contributed by atoms with Gasteiger partial charge in [0.25, 0.3) is 0 Å². The Bertz CT molecular complexity index is 1710. The number of aromatic nitrogens is 2. The van der Waals surface area contributed by atoms with Crippen molar-refractivity contribution in [3.63, 3.8) is 0 Å². The van der Waals surface area contributed by atoms with Crippen LogP contribution in [0.2, 0.25) is 0 Å². The molecule has 0 atom stereocenters. The Labute approximate surface area is 213 Å². The number of imidazole rings is 1. The molecule has 0 bridgehead atoms. The van der Waals surface area contributed by atoms with E-state index in [9.17, 15) is 14.9 Å². The fraction of sp³-hybridized carbons (Fsp3) is 0.0667. The SMILES string of the molecule is N#Cc1ccccc1Cn1ccnc1-c1ccc(N2C(=O)CC(=O)Nc3c2ccc2ccccc32)cc1. The molecule has 7 heteroatoms. The maximum Gasteiger partial charge on any atom is 0.241 e. The van der Waals surface area contributed by atoms with Gasteiger partial charge in [0.05, 0.1) is 29.6 Å². The normalized spacial score (nSPS) is 13.1. The van der Waals surface area contributed by atoms with Crippen LogP contribution in [0.4, 0.5) is 17.1 Å². The Kier molecular flexibility index (Phi) is 5.47. The zero-order chi connectivity index (χ0) is 25.4. The molecular formula is C30H21N5O2. The summed E-state index contributed by atoms with van der Waals surface area (Å²) in [4.78, 5) is 31.8. The van der Waals surface area contributed by atoms with Crippen LogP contribution in [-0.2, 0) is 16.1 Å². The summed E-state index contributed by atoms with van der Waals surface area (Å²) in [6.07, 6.45) is 3.37. The second-order valence-corrected chi connectivity index (χ2v) is 8.83. The minimum Gasteiger partial charge on any atom is -0.327 e. The van der Waals surface area contributed by atoms with Crippen LogP contribution in [0.1, 0.15) is 17.5 Å². The third kappa shape index (κ3) is 4.01. The van der Waals surface area contributed by atoms with E-state index >= 15 is 0 Å². The number of carbonyl (C=O) groups is 2.